The molecule has 0 atom stereocenters. The van der Waals surface area contributed by atoms with E-state index in [1.807, 2.05) is 58.5 Å². The number of aromatic amines is 1. The zero-order chi connectivity index (χ0) is 21.2. The zero-order valence-electron chi connectivity index (χ0n) is 16.2. The molecular weight excluding hydrogens is 450 g/mol. The van der Waals surface area contributed by atoms with Gasteiger partial charge in [0.2, 0.25) is 0 Å². The maximum Gasteiger partial charge on any atom is 0.268 e. The molecule has 1 N–H and O–H groups in total. The van der Waals surface area contributed by atoms with Gasteiger partial charge in [-0.15, -0.1) is 21.5 Å². The van der Waals surface area contributed by atoms with Crippen molar-refractivity contribution in [3.63, 3.8) is 0 Å². The molecule has 5 rings (SSSR count). The molecule has 3 aromatic heterocycles. The molecule has 0 amide bonds. The largest absolute Gasteiger partial charge is 0.309 e. The van der Waals surface area contributed by atoms with Crippen molar-refractivity contribution in [1.29, 1.82) is 0 Å². The Kier molecular flexibility index (Phi) is 5.59. The smallest absolute Gasteiger partial charge is 0.268 e. The molecule has 0 radical (unpaired) electrons. The fourth-order valence-electron chi connectivity index (χ4n) is 3.26. The Bertz CT molecular complexity index is 1390. The Balaban J connectivity index is 1.48. The predicted octanol–water partition coefficient (Wildman–Crippen LogP) is 5.10. The number of halogens is 1. The SMILES string of the molecule is O=c1[nH]c(CSc2nnc(Cc3ccccc3)n2-c2ccc(Cl)cc2)nc2ccsc12. The number of thioether (sulfide) groups is 1. The van der Waals surface area contributed by atoms with Crippen molar-refractivity contribution in [3.8, 4) is 5.69 Å². The van der Waals surface area contributed by atoms with E-state index in [9.17, 15) is 4.79 Å². The summed E-state index contributed by atoms with van der Waals surface area (Å²) < 4.78 is 2.66. The second kappa shape index (κ2) is 8.66. The summed E-state index contributed by atoms with van der Waals surface area (Å²) >= 11 is 8.96. The van der Waals surface area contributed by atoms with Crippen LogP contribution in [0.4, 0.5) is 0 Å². The molecular formula is C22H16ClN5OS2. The Morgan fingerprint density at radius 2 is 1.84 bits per heavy atom. The molecule has 3 heterocycles. The quantitative estimate of drug-likeness (QED) is 0.353. The molecule has 154 valence electrons. The Labute approximate surface area is 191 Å². The fourth-order valence-corrected chi connectivity index (χ4v) is 4.95. The molecule has 0 bridgehead atoms. The van der Waals surface area contributed by atoms with Gasteiger partial charge >= 0.3 is 0 Å². The highest BCUT2D eigenvalue weighted by molar-refractivity contribution is 7.98. The standard InChI is InChI=1S/C22H16ClN5OS2/c23-15-6-8-16(9-7-15)28-19(12-14-4-2-1-3-5-14)26-27-22(28)31-13-18-24-17-10-11-30-20(17)21(29)25-18/h1-11H,12-13H2,(H,24,25,29). The van der Waals surface area contributed by atoms with Gasteiger partial charge in [0.25, 0.3) is 5.56 Å². The van der Waals surface area contributed by atoms with Crippen molar-refractivity contribution in [2.24, 2.45) is 0 Å². The number of hydrogen-bond donors (Lipinski definition) is 1. The summed E-state index contributed by atoms with van der Waals surface area (Å²) in [5.41, 5.74) is 2.68. The first-order valence-corrected chi connectivity index (χ1v) is 11.7. The fraction of sp³-hybridized carbons (Fsp3) is 0.0909. The number of benzene rings is 2. The lowest BCUT2D eigenvalue weighted by atomic mass is 10.1. The van der Waals surface area contributed by atoms with Gasteiger partial charge in [-0.1, -0.05) is 53.7 Å². The van der Waals surface area contributed by atoms with E-state index in [4.69, 9.17) is 11.6 Å². The third-order valence-corrected chi connectivity index (χ3v) is 6.79. The highest BCUT2D eigenvalue weighted by Gasteiger charge is 2.16. The number of thiophene rings is 1. The van der Waals surface area contributed by atoms with Crippen molar-refractivity contribution in [3.05, 3.63) is 98.6 Å². The minimum absolute atomic E-state index is 0.112. The summed E-state index contributed by atoms with van der Waals surface area (Å²) in [4.78, 5) is 19.7. The lowest BCUT2D eigenvalue weighted by Crippen LogP contribution is -2.10. The summed E-state index contributed by atoms with van der Waals surface area (Å²) in [5, 5.41) is 12.1. The molecule has 6 nitrogen and oxygen atoms in total. The molecule has 0 aliphatic rings. The van der Waals surface area contributed by atoms with E-state index in [0.29, 0.717) is 33.2 Å². The molecule has 0 spiro atoms. The van der Waals surface area contributed by atoms with Crippen LogP contribution in [0, 0.1) is 0 Å². The number of nitrogens with zero attached hydrogens (tertiary/aromatic N) is 4. The van der Waals surface area contributed by atoms with Gasteiger partial charge in [-0.05, 0) is 41.3 Å². The monoisotopic (exact) mass is 465 g/mol. The van der Waals surface area contributed by atoms with Crippen LogP contribution < -0.4 is 5.56 Å². The van der Waals surface area contributed by atoms with Crippen LogP contribution in [0.2, 0.25) is 5.02 Å². The van der Waals surface area contributed by atoms with E-state index in [1.54, 1.807) is 0 Å². The topological polar surface area (TPSA) is 76.5 Å². The van der Waals surface area contributed by atoms with Crippen LogP contribution in [-0.2, 0) is 12.2 Å². The molecule has 9 heteroatoms. The number of rotatable bonds is 6. The average molecular weight is 466 g/mol. The van der Waals surface area contributed by atoms with Gasteiger partial charge in [-0.2, -0.15) is 0 Å². The lowest BCUT2D eigenvalue weighted by Gasteiger charge is -2.10. The van der Waals surface area contributed by atoms with Crippen molar-refractivity contribution < 1.29 is 0 Å². The van der Waals surface area contributed by atoms with Crippen LogP contribution in [-0.4, -0.2) is 24.7 Å². The van der Waals surface area contributed by atoms with Gasteiger partial charge in [-0.3, -0.25) is 9.36 Å². The van der Waals surface area contributed by atoms with E-state index >= 15 is 0 Å². The molecule has 2 aromatic carbocycles. The highest BCUT2D eigenvalue weighted by atomic mass is 35.5. The van der Waals surface area contributed by atoms with Crippen LogP contribution in [0.25, 0.3) is 15.9 Å². The molecule has 0 aliphatic heterocycles. The Morgan fingerprint density at radius 1 is 1.03 bits per heavy atom. The molecule has 0 unspecified atom stereocenters. The summed E-state index contributed by atoms with van der Waals surface area (Å²) in [5.74, 6) is 1.90. The van der Waals surface area contributed by atoms with E-state index < -0.39 is 0 Å². The minimum Gasteiger partial charge on any atom is -0.309 e. The molecule has 0 saturated carbocycles. The molecule has 5 aromatic rings. The van der Waals surface area contributed by atoms with E-state index in [-0.39, 0.29) is 5.56 Å². The number of nitrogens with one attached hydrogen (secondary N) is 1. The van der Waals surface area contributed by atoms with E-state index in [1.165, 1.54) is 23.1 Å². The summed E-state index contributed by atoms with van der Waals surface area (Å²) in [6, 6.07) is 19.6. The average Bonchev–Trinajstić information content (AvgIpc) is 3.41. The van der Waals surface area contributed by atoms with Crippen molar-refractivity contribution in [2.45, 2.75) is 17.3 Å². The maximum absolute atomic E-state index is 12.3. The number of fused-ring (bicyclic) bond motifs is 1. The first-order valence-electron chi connectivity index (χ1n) is 9.51. The number of aromatic nitrogens is 5. The third-order valence-electron chi connectivity index (χ3n) is 4.69. The normalized spacial score (nSPS) is 11.3. The Hall–Kier alpha value is -2.94. The van der Waals surface area contributed by atoms with Crippen molar-refractivity contribution in [1.82, 2.24) is 24.7 Å². The second-order valence-corrected chi connectivity index (χ2v) is 9.10. The lowest BCUT2D eigenvalue weighted by molar-refractivity contribution is 0.846. The van der Waals surface area contributed by atoms with Gasteiger partial charge in [-0.25, -0.2) is 4.98 Å². The first-order chi connectivity index (χ1) is 15.2. The van der Waals surface area contributed by atoms with Gasteiger partial charge < -0.3 is 4.98 Å². The van der Waals surface area contributed by atoms with Crippen LogP contribution in [0.3, 0.4) is 0 Å². The number of H-pyrrole nitrogens is 1. The van der Waals surface area contributed by atoms with Crippen LogP contribution >= 0.6 is 34.7 Å². The van der Waals surface area contributed by atoms with Gasteiger partial charge in [0.05, 0.1) is 11.3 Å². The van der Waals surface area contributed by atoms with Crippen molar-refractivity contribution in [2.75, 3.05) is 0 Å². The molecule has 31 heavy (non-hydrogen) atoms. The van der Waals surface area contributed by atoms with Crippen molar-refractivity contribution >= 4 is 44.9 Å². The first kappa shape index (κ1) is 20.0. The van der Waals surface area contributed by atoms with Gasteiger partial charge in [0.15, 0.2) is 5.16 Å². The van der Waals surface area contributed by atoms with Crippen LogP contribution in [0.5, 0.6) is 0 Å². The van der Waals surface area contributed by atoms with Crippen LogP contribution in [0.15, 0.2) is 76.0 Å². The van der Waals surface area contributed by atoms with Gasteiger partial charge in [0, 0.05) is 17.1 Å². The molecule has 0 fully saturated rings. The molecule has 0 aliphatic carbocycles. The summed E-state index contributed by atoms with van der Waals surface area (Å²) in [6.07, 6.45) is 0.646. The maximum atomic E-state index is 12.3. The third kappa shape index (κ3) is 4.27. The highest BCUT2D eigenvalue weighted by Crippen LogP contribution is 2.26. The minimum atomic E-state index is -0.112. The summed E-state index contributed by atoms with van der Waals surface area (Å²) in [7, 11) is 0. The van der Waals surface area contributed by atoms with Crippen LogP contribution in [0.1, 0.15) is 17.2 Å². The van der Waals surface area contributed by atoms with E-state index in [0.717, 1.165) is 22.2 Å². The second-order valence-electron chi connectivity index (χ2n) is 6.81. The van der Waals surface area contributed by atoms with E-state index in [2.05, 4.69) is 32.3 Å². The Morgan fingerprint density at radius 3 is 2.65 bits per heavy atom. The molecule has 0 saturated heterocycles. The zero-order valence-corrected chi connectivity index (χ0v) is 18.5. The van der Waals surface area contributed by atoms with Gasteiger partial charge in [0.1, 0.15) is 16.3 Å². The number of hydrogen-bond acceptors (Lipinski definition) is 6. The summed E-state index contributed by atoms with van der Waals surface area (Å²) in [6.45, 7) is 0. The predicted molar refractivity (Wildman–Crippen MR) is 125 cm³/mol.